The number of carbonyl (C=O) groups excluding carboxylic acids is 1. The second-order valence-corrected chi connectivity index (χ2v) is 7.12. The average Bonchev–Trinajstić information content (AvgIpc) is 2.72. The molecule has 0 aliphatic heterocycles. The number of carbonyl (C=O) groups is 1. The van der Waals surface area contributed by atoms with Gasteiger partial charge in [-0.1, -0.05) is 36.9 Å². The molecule has 0 saturated carbocycles. The third kappa shape index (κ3) is 4.85. The quantitative estimate of drug-likeness (QED) is 0.354. The molecule has 0 bridgehead atoms. The van der Waals surface area contributed by atoms with Crippen molar-refractivity contribution in [3.8, 4) is 11.4 Å². The molecule has 3 rings (SSSR count). The molecule has 0 atom stereocenters. The van der Waals surface area contributed by atoms with Crippen LogP contribution in [0.4, 0.5) is 4.39 Å². The number of aryl methyl sites for hydroxylation is 1. The Morgan fingerprint density at radius 3 is 2.68 bits per heavy atom. The number of amides is 1. The Hall–Kier alpha value is -2.51. The number of hydrogen-bond donors (Lipinski definition) is 1. The Labute approximate surface area is 167 Å². The average molecular weight is 399 g/mol. The summed E-state index contributed by atoms with van der Waals surface area (Å²) in [7, 11) is 1.59. The lowest BCUT2D eigenvalue weighted by Crippen LogP contribution is -2.28. The van der Waals surface area contributed by atoms with Gasteiger partial charge in [-0.2, -0.15) is 0 Å². The van der Waals surface area contributed by atoms with Crippen molar-refractivity contribution in [2.24, 2.45) is 0 Å². The molecule has 0 aliphatic rings. The molecule has 0 unspecified atom stereocenters. The van der Waals surface area contributed by atoms with Crippen LogP contribution in [0.5, 0.6) is 0 Å². The maximum absolute atomic E-state index is 13.3. The first-order valence-electron chi connectivity index (χ1n) is 9.06. The summed E-state index contributed by atoms with van der Waals surface area (Å²) in [6, 6.07) is 12.1. The molecule has 146 valence electrons. The lowest BCUT2D eigenvalue weighted by Gasteiger charge is -2.11. The van der Waals surface area contributed by atoms with Crippen LogP contribution in [0.3, 0.4) is 0 Å². The fourth-order valence-electron chi connectivity index (χ4n) is 2.78. The third-order valence-electron chi connectivity index (χ3n) is 4.23. The number of halogens is 1. The molecule has 1 heterocycles. The van der Waals surface area contributed by atoms with Gasteiger partial charge in [0.25, 0.3) is 0 Å². The molecule has 0 aliphatic carbocycles. The number of nitrogens with zero attached hydrogens (tertiary/aromatic N) is 2. The minimum atomic E-state index is -0.305. The number of fused-ring (bicyclic) bond motifs is 1. The van der Waals surface area contributed by atoms with Crippen LogP contribution < -0.4 is 5.32 Å². The first-order valence-corrected chi connectivity index (χ1v) is 10.0. The lowest BCUT2D eigenvalue weighted by atomic mass is 10.1. The topological polar surface area (TPSA) is 64.1 Å². The molecule has 28 heavy (non-hydrogen) atoms. The molecule has 2 aromatic carbocycles. The second-order valence-electron chi connectivity index (χ2n) is 6.16. The summed E-state index contributed by atoms with van der Waals surface area (Å²) in [5.41, 5.74) is 2.71. The van der Waals surface area contributed by atoms with Crippen LogP contribution in [0.15, 0.2) is 47.5 Å². The Kier molecular flexibility index (Phi) is 6.95. The largest absolute Gasteiger partial charge is 0.383 e. The molecule has 7 heteroatoms. The van der Waals surface area contributed by atoms with Crippen molar-refractivity contribution in [1.29, 1.82) is 0 Å². The highest BCUT2D eigenvalue weighted by Crippen LogP contribution is 2.30. The van der Waals surface area contributed by atoms with Crippen molar-refractivity contribution in [3.63, 3.8) is 0 Å². The van der Waals surface area contributed by atoms with Crippen LogP contribution in [0.1, 0.15) is 12.5 Å². The van der Waals surface area contributed by atoms with E-state index in [1.807, 2.05) is 18.2 Å². The van der Waals surface area contributed by atoms with Gasteiger partial charge in [0.15, 0.2) is 5.82 Å². The molecule has 0 radical (unpaired) electrons. The van der Waals surface area contributed by atoms with Crippen molar-refractivity contribution in [1.82, 2.24) is 15.3 Å². The van der Waals surface area contributed by atoms with Gasteiger partial charge in [0.05, 0.1) is 17.9 Å². The van der Waals surface area contributed by atoms with Crippen molar-refractivity contribution < 1.29 is 13.9 Å². The molecule has 1 aromatic heterocycles. The van der Waals surface area contributed by atoms with E-state index in [1.165, 1.54) is 23.9 Å². The van der Waals surface area contributed by atoms with E-state index < -0.39 is 0 Å². The van der Waals surface area contributed by atoms with Crippen LogP contribution in [-0.2, 0) is 16.0 Å². The minimum absolute atomic E-state index is 0.0798. The van der Waals surface area contributed by atoms with Crippen LogP contribution in [0, 0.1) is 5.82 Å². The summed E-state index contributed by atoms with van der Waals surface area (Å²) in [4.78, 5) is 21.5. The Morgan fingerprint density at radius 1 is 1.18 bits per heavy atom. The number of ether oxygens (including phenoxy) is 1. The van der Waals surface area contributed by atoms with Gasteiger partial charge in [-0.3, -0.25) is 4.79 Å². The van der Waals surface area contributed by atoms with Gasteiger partial charge in [-0.05, 0) is 36.2 Å². The Morgan fingerprint density at radius 2 is 1.96 bits per heavy atom. The van der Waals surface area contributed by atoms with E-state index in [2.05, 4.69) is 17.2 Å². The van der Waals surface area contributed by atoms with E-state index in [1.54, 1.807) is 19.2 Å². The molecule has 0 fully saturated rings. The van der Waals surface area contributed by atoms with Crippen molar-refractivity contribution in [2.75, 3.05) is 26.0 Å². The van der Waals surface area contributed by atoms with Gasteiger partial charge >= 0.3 is 0 Å². The normalized spacial score (nSPS) is 11.0. The number of benzene rings is 2. The number of methoxy groups -OCH3 is 1. The first-order chi connectivity index (χ1) is 13.6. The first kappa shape index (κ1) is 20.2. The minimum Gasteiger partial charge on any atom is -0.383 e. The van der Waals surface area contributed by atoms with Crippen LogP contribution in [0.25, 0.3) is 22.3 Å². The van der Waals surface area contributed by atoms with Gasteiger partial charge in [0.2, 0.25) is 5.91 Å². The summed E-state index contributed by atoms with van der Waals surface area (Å²) < 4.78 is 18.2. The molecular weight excluding hydrogens is 377 g/mol. The summed E-state index contributed by atoms with van der Waals surface area (Å²) in [6.07, 6.45) is 0.832. The zero-order chi connectivity index (χ0) is 19.9. The fourth-order valence-corrected chi connectivity index (χ4v) is 3.63. The number of aromatic nitrogens is 2. The molecule has 0 saturated heterocycles. The van der Waals surface area contributed by atoms with Crippen LogP contribution >= 0.6 is 11.8 Å². The summed E-state index contributed by atoms with van der Waals surface area (Å²) in [6.45, 7) is 3.02. The third-order valence-corrected chi connectivity index (χ3v) is 5.22. The van der Waals surface area contributed by atoms with Crippen LogP contribution in [0.2, 0.25) is 0 Å². The van der Waals surface area contributed by atoms with Gasteiger partial charge < -0.3 is 10.1 Å². The lowest BCUT2D eigenvalue weighted by molar-refractivity contribution is -0.118. The van der Waals surface area contributed by atoms with Gasteiger partial charge in [0, 0.05) is 24.6 Å². The highest BCUT2D eigenvalue weighted by molar-refractivity contribution is 8.00. The Balaban J connectivity index is 1.95. The molecule has 1 N–H and O–H groups in total. The zero-order valence-corrected chi connectivity index (χ0v) is 16.7. The van der Waals surface area contributed by atoms with E-state index >= 15 is 0 Å². The summed E-state index contributed by atoms with van der Waals surface area (Å²) >= 11 is 1.37. The highest BCUT2D eigenvalue weighted by Gasteiger charge is 2.14. The van der Waals surface area contributed by atoms with E-state index in [0.717, 1.165) is 33.5 Å². The number of hydrogen-bond acceptors (Lipinski definition) is 5. The predicted octanol–water partition coefficient (Wildman–Crippen LogP) is 3.85. The van der Waals surface area contributed by atoms with E-state index in [-0.39, 0.29) is 17.5 Å². The van der Waals surface area contributed by atoms with Crippen molar-refractivity contribution in [3.05, 3.63) is 53.8 Å². The van der Waals surface area contributed by atoms with Crippen molar-refractivity contribution >= 4 is 28.6 Å². The van der Waals surface area contributed by atoms with Gasteiger partial charge in [-0.15, -0.1) is 0 Å². The van der Waals surface area contributed by atoms with Crippen LogP contribution in [-0.4, -0.2) is 41.9 Å². The highest BCUT2D eigenvalue weighted by atomic mass is 32.2. The van der Waals surface area contributed by atoms with Gasteiger partial charge in [0.1, 0.15) is 10.8 Å². The summed E-state index contributed by atoms with van der Waals surface area (Å²) in [5, 5.41) is 4.46. The number of rotatable bonds is 8. The molecule has 1 amide bonds. The SMILES string of the molecule is CCc1cccc2c(SCC(=O)NCCOC)nc(-c3ccc(F)cc3)nc12. The maximum atomic E-state index is 13.3. The maximum Gasteiger partial charge on any atom is 0.230 e. The standard InChI is InChI=1S/C21H22FN3O2S/c1-3-14-5-4-6-17-19(14)24-20(15-7-9-16(22)10-8-15)25-21(17)28-13-18(26)23-11-12-27-2/h4-10H,3,11-13H2,1-2H3,(H,23,26). The fraction of sp³-hybridized carbons (Fsp3) is 0.286. The molecule has 3 aromatic rings. The molecular formula is C21H22FN3O2S. The van der Waals surface area contributed by atoms with E-state index in [0.29, 0.717) is 19.0 Å². The monoisotopic (exact) mass is 399 g/mol. The van der Waals surface area contributed by atoms with Crippen molar-refractivity contribution in [2.45, 2.75) is 18.4 Å². The number of thioether (sulfide) groups is 1. The van der Waals surface area contributed by atoms with E-state index in [9.17, 15) is 9.18 Å². The van der Waals surface area contributed by atoms with E-state index in [4.69, 9.17) is 9.72 Å². The number of para-hydroxylation sites is 1. The smallest absolute Gasteiger partial charge is 0.230 e. The zero-order valence-electron chi connectivity index (χ0n) is 15.9. The molecule has 0 spiro atoms. The number of nitrogens with one attached hydrogen (secondary N) is 1. The van der Waals surface area contributed by atoms with Gasteiger partial charge in [-0.25, -0.2) is 14.4 Å². The molecule has 5 nitrogen and oxygen atoms in total. The second kappa shape index (κ2) is 9.61. The predicted molar refractivity (Wildman–Crippen MR) is 110 cm³/mol. The Bertz CT molecular complexity index is 964. The summed E-state index contributed by atoms with van der Waals surface area (Å²) in [5.74, 6) is 0.385.